The van der Waals surface area contributed by atoms with Gasteiger partial charge in [0.05, 0.1) is 5.41 Å². The van der Waals surface area contributed by atoms with Crippen LogP contribution < -0.4 is 0 Å². The van der Waals surface area contributed by atoms with Crippen molar-refractivity contribution >= 4 is 17.6 Å². The molecule has 0 heterocycles. The van der Waals surface area contributed by atoms with Crippen molar-refractivity contribution in [2.75, 3.05) is 0 Å². The number of aliphatic carboxylic acids is 1. The summed E-state index contributed by atoms with van der Waals surface area (Å²) in [7, 11) is 0. The molecule has 0 saturated carbocycles. The first kappa shape index (κ1) is 14.5. The van der Waals surface area contributed by atoms with Gasteiger partial charge in [-0.1, -0.05) is 29.8 Å². The summed E-state index contributed by atoms with van der Waals surface area (Å²) < 4.78 is 13.9. The highest BCUT2D eigenvalue weighted by molar-refractivity contribution is 6.30. The van der Waals surface area contributed by atoms with Crippen molar-refractivity contribution in [3.63, 3.8) is 0 Å². The summed E-state index contributed by atoms with van der Waals surface area (Å²) in [4.78, 5) is 11.3. The smallest absolute Gasteiger partial charge is 0.313 e. The molecular weight excluding hydrogens is 279 g/mol. The van der Waals surface area contributed by atoms with Gasteiger partial charge in [0.1, 0.15) is 5.82 Å². The fourth-order valence-electron chi connectivity index (χ4n) is 1.92. The average molecular weight is 293 g/mol. The molecule has 2 rings (SSSR count). The van der Waals surface area contributed by atoms with Crippen molar-refractivity contribution in [1.29, 1.82) is 0 Å². The van der Waals surface area contributed by atoms with E-state index >= 15 is 0 Å². The molecule has 20 heavy (non-hydrogen) atoms. The van der Waals surface area contributed by atoms with E-state index in [1.54, 1.807) is 38.1 Å². The van der Waals surface area contributed by atoms with Crippen LogP contribution in [0.2, 0.25) is 5.02 Å². The van der Waals surface area contributed by atoms with Crippen LogP contribution in [0.4, 0.5) is 4.39 Å². The van der Waals surface area contributed by atoms with Gasteiger partial charge >= 0.3 is 5.97 Å². The van der Waals surface area contributed by atoms with Crippen LogP contribution in [0.15, 0.2) is 42.5 Å². The molecule has 0 aliphatic rings. The molecule has 0 spiro atoms. The van der Waals surface area contributed by atoms with E-state index in [1.165, 1.54) is 18.2 Å². The lowest BCUT2D eigenvalue weighted by atomic mass is 9.83. The number of carboxylic acid groups (broad SMARTS) is 1. The molecule has 104 valence electrons. The van der Waals surface area contributed by atoms with Gasteiger partial charge in [0, 0.05) is 10.6 Å². The second kappa shape index (κ2) is 5.25. The van der Waals surface area contributed by atoms with E-state index < -0.39 is 11.4 Å². The van der Waals surface area contributed by atoms with E-state index in [0.29, 0.717) is 21.7 Å². The van der Waals surface area contributed by atoms with Gasteiger partial charge in [0.15, 0.2) is 0 Å². The molecule has 0 aliphatic carbocycles. The molecule has 0 bridgehead atoms. The summed E-state index contributed by atoms with van der Waals surface area (Å²) in [6.07, 6.45) is 0. The minimum atomic E-state index is -1.04. The number of benzene rings is 2. The minimum Gasteiger partial charge on any atom is -0.481 e. The van der Waals surface area contributed by atoms with Crippen molar-refractivity contribution in [2.24, 2.45) is 0 Å². The zero-order valence-corrected chi connectivity index (χ0v) is 11.9. The van der Waals surface area contributed by atoms with E-state index in [0.717, 1.165) is 0 Å². The molecule has 0 fully saturated rings. The van der Waals surface area contributed by atoms with Crippen LogP contribution in [-0.2, 0) is 10.2 Å². The average Bonchev–Trinajstić information content (AvgIpc) is 2.41. The van der Waals surface area contributed by atoms with Crippen LogP contribution >= 0.6 is 11.6 Å². The first-order valence-electron chi connectivity index (χ1n) is 6.12. The summed E-state index contributed by atoms with van der Waals surface area (Å²) in [6.45, 7) is 3.23. The largest absolute Gasteiger partial charge is 0.481 e. The Hall–Kier alpha value is -1.87. The highest BCUT2D eigenvalue weighted by Crippen LogP contribution is 2.30. The molecule has 0 saturated heterocycles. The molecule has 2 nitrogen and oxygen atoms in total. The monoisotopic (exact) mass is 292 g/mol. The van der Waals surface area contributed by atoms with E-state index in [1.807, 2.05) is 0 Å². The molecule has 0 aromatic heterocycles. The predicted octanol–water partition coefficient (Wildman–Crippen LogP) is 4.51. The van der Waals surface area contributed by atoms with Gasteiger partial charge < -0.3 is 5.11 Å². The Bertz CT molecular complexity index is 665. The van der Waals surface area contributed by atoms with Gasteiger partial charge in [-0.15, -0.1) is 0 Å². The summed E-state index contributed by atoms with van der Waals surface area (Å²) in [5, 5.41) is 9.69. The molecule has 2 aromatic carbocycles. The van der Waals surface area contributed by atoms with E-state index in [-0.39, 0.29) is 5.82 Å². The highest BCUT2D eigenvalue weighted by Gasteiger charge is 2.29. The molecule has 0 amide bonds. The SMILES string of the molecule is CC(C)(C(=O)O)c1cccc(-c2cc(Cl)ccc2F)c1. The Morgan fingerprint density at radius 1 is 1.20 bits per heavy atom. The number of rotatable bonds is 3. The van der Waals surface area contributed by atoms with Gasteiger partial charge in [-0.3, -0.25) is 4.79 Å². The fraction of sp³-hybridized carbons (Fsp3) is 0.188. The van der Waals surface area contributed by atoms with Crippen LogP contribution in [0.25, 0.3) is 11.1 Å². The minimum absolute atomic E-state index is 0.362. The van der Waals surface area contributed by atoms with E-state index in [4.69, 9.17) is 11.6 Å². The summed E-state index contributed by atoms with van der Waals surface area (Å²) in [5.41, 5.74) is 0.546. The molecule has 0 aliphatic heterocycles. The third-order valence-corrected chi connectivity index (χ3v) is 3.59. The Kier molecular flexibility index (Phi) is 3.82. The Morgan fingerprint density at radius 3 is 2.55 bits per heavy atom. The molecule has 1 N–H and O–H groups in total. The molecule has 4 heteroatoms. The molecule has 0 radical (unpaired) electrons. The first-order chi connectivity index (χ1) is 9.32. The quantitative estimate of drug-likeness (QED) is 0.904. The van der Waals surface area contributed by atoms with E-state index in [9.17, 15) is 14.3 Å². The maximum absolute atomic E-state index is 13.9. The van der Waals surface area contributed by atoms with E-state index in [2.05, 4.69) is 0 Å². The third-order valence-electron chi connectivity index (χ3n) is 3.36. The van der Waals surface area contributed by atoms with Crippen LogP contribution in [-0.4, -0.2) is 11.1 Å². The standard InChI is InChI=1S/C16H14ClFO2/c1-16(2,15(19)20)11-5-3-4-10(8-11)13-9-12(17)6-7-14(13)18/h3-9H,1-2H3,(H,19,20). The maximum atomic E-state index is 13.9. The van der Waals surface area contributed by atoms with Gasteiger partial charge in [0.25, 0.3) is 0 Å². The van der Waals surface area contributed by atoms with Crippen molar-refractivity contribution in [3.05, 3.63) is 58.9 Å². The topological polar surface area (TPSA) is 37.3 Å². The van der Waals surface area contributed by atoms with Gasteiger partial charge in [-0.05, 0) is 49.2 Å². The Balaban J connectivity index is 2.55. The molecule has 0 unspecified atom stereocenters. The second-order valence-electron chi connectivity index (χ2n) is 5.14. The molecule has 0 atom stereocenters. The normalized spacial score (nSPS) is 11.4. The number of hydrogen-bond donors (Lipinski definition) is 1. The molecule has 2 aromatic rings. The number of carboxylic acids is 1. The van der Waals surface area contributed by atoms with Crippen LogP contribution in [0.1, 0.15) is 19.4 Å². The summed E-state index contributed by atoms with van der Waals surface area (Å²) in [6, 6.07) is 11.2. The van der Waals surface area contributed by atoms with Crippen molar-refractivity contribution < 1.29 is 14.3 Å². The van der Waals surface area contributed by atoms with Crippen LogP contribution in [0.5, 0.6) is 0 Å². The molecular formula is C16H14ClFO2. The number of hydrogen-bond acceptors (Lipinski definition) is 1. The lowest BCUT2D eigenvalue weighted by Gasteiger charge is -2.20. The maximum Gasteiger partial charge on any atom is 0.313 e. The van der Waals surface area contributed by atoms with Crippen molar-refractivity contribution in [2.45, 2.75) is 19.3 Å². The summed E-state index contributed by atoms with van der Waals surface area (Å²) in [5.74, 6) is -1.32. The number of halogens is 2. The second-order valence-corrected chi connectivity index (χ2v) is 5.57. The Morgan fingerprint density at radius 2 is 1.90 bits per heavy atom. The Labute approximate surface area is 121 Å². The van der Waals surface area contributed by atoms with Gasteiger partial charge in [-0.2, -0.15) is 0 Å². The van der Waals surface area contributed by atoms with Crippen molar-refractivity contribution in [3.8, 4) is 11.1 Å². The van der Waals surface area contributed by atoms with Gasteiger partial charge in [-0.25, -0.2) is 4.39 Å². The van der Waals surface area contributed by atoms with Crippen molar-refractivity contribution in [1.82, 2.24) is 0 Å². The predicted molar refractivity (Wildman–Crippen MR) is 77.5 cm³/mol. The number of carbonyl (C=O) groups is 1. The lowest BCUT2D eigenvalue weighted by molar-refractivity contribution is -0.142. The van der Waals surface area contributed by atoms with Crippen LogP contribution in [0, 0.1) is 5.82 Å². The fourth-order valence-corrected chi connectivity index (χ4v) is 2.09. The highest BCUT2D eigenvalue weighted by atomic mass is 35.5. The summed E-state index contributed by atoms with van der Waals surface area (Å²) >= 11 is 5.89. The lowest BCUT2D eigenvalue weighted by Crippen LogP contribution is -2.28. The zero-order valence-electron chi connectivity index (χ0n) is 11.2. The first-order valence-corrected chi connectivity index (χ1v) is 6.49. The zero-order chi connectivity index (χ0) is 14.9. The van der Waals surface area contributed by atoms with Crippen LogP contribution in [0.3, 0.4) is 0 Å². The van der Waals surface area contributed by atoms with Gasteiger partial charge in [0.2, 0.25) is 0 Å². The third kappa shape index (κ3) is 2.68.